The summed E-state index contributed by atoms with van der Waals surface area (Å²) in [4.78, 5) is 73.1. The number of hydrogen-bond acceptors (Lipinski definition) is 7. The molecule has 13 heteroatoms. The lowest BCUT2D eigenvalue weighted by Crippen LogP contribution is -2.46. The van der Waals surface area contributed by atoms with Crippen molar-refractivity contribution in [2.45, 2.75) is 78.2 Å². The average Bonchev–Trinajstić information content (AvgIpc) is 3.74. The lowest BCUT2D eigenvalue weighted by atomic mass is 10.1. The summed E-state index contributed by atoms with van der Waals surface area (Å²) in [5.41, 5.74) is 2.57. The van der Waals surface area contributed by atoms with Crippen molar-refractivity contribution in [1.29, 1.82) is 0 Å². The Labute approximate surface area is 318 Å². The quantitative estimate of drug-likeness (QED) is 0.150. The minimum atomic E-state index is -1.08. The third kappa shape index (κ3) is 17.5. The highest BCUT2D eigenvalue weighted by molar-refractivity contribution is 5.97. The van der Waals surface area contributed by atoms with Gasteiger partial charge in [0.25, 0.3) is 11.8 Å². The van der Waals surface area contributed by atoms with E-state index in [1.807, 2.05) is 60.1 Å². The summed E-state index contributed by atoms with van der Waals surface area (Å²) in [6.07, 6.45) is 14.3. The van der Waals surface area contributed by atoms with Crippen molar-refractivity contribution in [3.8, 4) is 0 Å². The summed E-state index contributed by atoms with van der Waals surface area (Å²) < 4.78 is 0. The molecule has 2 aromatic rings. The SMILES string of the molecule is CC.C[C@@H](NC(=O)c1cccc(/C=C\CCCC(=O)N2CCNCC2)c1)C(=O)O.O=C(O)CNC(=O)c1cccc(/C=C\CCCC(=O)N2CCCC2)c1. The molecule has 0 saturated carbocycles. The Kier molecular flexibility index (Phi) is 21.3. The molecule has 2 aliphatic rings. The molecular formula is C41H57N5O8. The number of carboxylic acid groups (broad SMARTS) is 2. The number of piperazine rings is 1. The molecule has 2 fully saturated rings. The van der Waals surface area contributed by atoms with Crippen molar-refractivity contribution in [2.75, 3.05) is 45.8 Å². The highest BCUT2D eigenvalue weighted by Gasteiger charge is 2.18. The minimum absolute atomic E-state index is 0.205. The topological polar surface area (TPSA) is 185 Å². The molecule has 13 nitrogen and oxygen atoms in total. The van der Waals surface area contributed by atoms with Crippen molar-refractivity contribution >= 4 is 47.7 Å². The predicted octanol–water partition coefficient (Wildman–Crippen LogP) is 4.84. The number of carbonyl (C=O) groups excluding carboxylic acids is 4. The van der Waals surface area contributed by atoms with Crippen molar-refractivity contribution in [2.24, 2.45) is 0 Å². The molecule has 4 amide bonds. The monoisotopic (exact) mass is 747 g/mol. The maximum Gasteiger partial charge on any atom is 0.325 e. The summed E-state index contributed by atoms with van der Waals surface area (Å²) in [5, 5.41) is 25.5. The maximum atomic E-state index is 12.1. The zero-order valence-corrected chi connectivity index (χ0v) is 31.9. The van der Waals surface area contributed by atoms with E-state index < -0.39 is 36.3 Å². The van der Waals surface area contributed by atoms with Crippen molar-refractivity contribution in [3.63, 3.8) is 0 Å². The van der Waals surface area contributed by atoms with Crippen LogP contribution in [0.25, 0.3) is 12.2 Å². The van der Waals surface area contributed by atoms with Gasteiger partial charge in [-0.3, -0.25) is 28.8 Å². The highest BCUT2D eigenvalue weighted by atomic mass is 16.4. The molecule has 4 rings (SSSR count). The van der Waals surface area contributed by atoms with E-state index >= 15 is 0 Å². The Balaban J connectivity index is 0.000000358. The van der Waals surface area contributed by atoms with Crippen LogP contribution in [0.3, 0.4) is 0 Å². The number of amides is 4. The van der Waals surface area contributed by atoms with E-state index in [1.54, 1.807) is 36.4 Å². The fraction of sp³-hybridized carbons (Fsp3) is 0.463. The molecule has 2 heterocycles. The van der Waals surface area contributed by atoms with E-state index in [0.29, 0.717) is 24.0 Å². The molecule has 0 spiro atoms. The Morgan fingerprint density at radius 2 is 1.22 bits per heavy atom. The van der Waals surface area contributed by atoms with Crippen LogP contribution in [-0.2, 0) is 19.2 Å². The maximum absolute atomic E-state index is 12.1. The third-order valence-corrected chi connectivity index (χ3v) is 8.49. The number of allylic oxidation sites excluding steroid dienone is 2. The smallest absolute Gasteiger partial charge is 0.325 e. The number of aliphatic carboxylic acids is 2. The molecule has 0 unspecified atom stereocenters. The number of benzene rings is 2. The summed E-state index contributed by atoms with van der Waals surface area (Å²) in [5.74, 6) is -2.53. The first-order chi connectivity index (χ1) is 26.0. The van der Waals surface area contributed by atoms with Gasteiger partial charge in [-0.25, -0.2) is 0 Å². The Hall–Kier alpha value is -5.30. The van der Waals surface area contributed by atoms with Gasteiger partial charge in [-0.15, -0.1) is 0 Å². The first-order valence-corrected chi connectivity index (χ1v) is 18.9. The van der Waals surface area contributed by atoms with E-state index in [4.69, 9.17) is 10.2 Å². The number of nitrogens with one attached hydrogen (secondary N) is 3. The van der Waals surface area contributed by atoms with Crippen LogP contribution >= 0.6 is 0 Å². The van der Waals surface area contributed by atoms with Crippen LogP contribution in [0, 0.1) is 0 Å². The second-order valence-electron chi connectivity index (χ2n) is 12.7. The molecule has 5 N–H and O–H groups in total. The van der Waals surface area contributed by atoms with Crippen LogP contribution in [0.2, 0.25) is 0 Å². The predicted molar refractivity (Wildman–Crippen MR) is 210 cm³/mol. The van der Waals surface area contributed by atoms with Crippen LogP contribution in [0.15, 0.2) is 60.7 Å². The fourth-order valence-corrected chi connectivity index (χ4v) is 5.54. The Bertz CT molecular complexity index is 1580. The lowest BCUT2D eigenvalue weighted by molar-refractivity contribution is -0.139. The van der Waals surface area contributed by atoms with E-state index in [9.17, 15) is 28.8 Å². The second kappa shape index (κ2) is 25.6. The van der Waals surface area contributed by atoms with Gasteiger partial charge in [-0.2, -0.15) is 0 Å². The van der Waals surface area contributed by atoms with Gasteiger partial charge in [-0.1, -0.05) is 62.4 Å². The molecular weight excluding hydrogens is 690 g/mol. The van der Waals surface area contributed by atoms with E-state index in [1.165, 1.54) is 6.92 Å². The third-order valence-electron chi connectivity index (χ3n) is 8.49. The molecule has 2 saturated heterocycles. The fourth-order valence-electron chi connectivity index (χ4n) is 5.54. The molecule has 0 bridgehead atoms. The first kappa shape index (κ1) is 44.9. The van der Waals surface area contributed by atoms with Gasteiger partial charge < -0.3 is 36.0 Å². The number of unbranched alkanes of at least 4 members (excludes halogenated alkanes) is 2. The van der Waals surface area contributed by atoms with Gasteiger partial charge in [0.2, 0.25) is 11.8 Å². The number of likely N-dealkylation sites (tertiary alicyclic amines) is 1. The van der Waals surface area contributed by atoms with E-state index in [0.717, 1.165) is 88.9 Å². The zero-order valence-electron chi connectivity index (χ0n) is 31.9. The molecule has 2 aliphatic heterocycles. The highest BCUT2D eigenvalue weighted by Crippen LogP contribution is 2.13. The van der Waals surface area contributed by atoms with Crippen molar-refractivity contribution in [3.05, 3.63) is 82.9 Å². The van der Waals surface area contributed by atoms with Crippen LogP contribution in [-0.4, -0.2) is 107 Å². The standard InChI is InChI=1S/C20H27N3O4.C19H24N2O4.C2H6/c1-15(20(26)27)22-19(25)17-8-5-7-16(14-17)6-3-2-4-9-18(24)23-12-10-21-11-13-23;22-17(21-11-4-5-12-21)10-3-1-2-7-15-8-6-9-16(13-15)19(25)20-14-18(23)24;1-2/h3,5-8,14-15,21H,2,4,9-13H2,1H3,(H,22,25)(H,26,27);2,6-9,13H,1,3-5,10-12,14H2,(H,20,25)(H,23,24);1-2H3/b6-3-;7-2-;/t15-;;/m1../s1. The molecule has 54 heavy (non-hydrogen) atoms. The van der Waals surface area contributed by atoms with Crippen LogP contribution in [0.4, 0.5) is 0 Å². The van der Waals surface area contributed by atoms with Gasteiger partial charge in [-0.05, 0) is 80.8 Å². The summed E-state index contributed by atoms with van der Waals surface area (Å²) in [6, 6.07) is 13.0. The minimum Gasteiger partial charge on any atom is -0.480 e. The number of carbonyl (C=O) groups is 6. The summed E-state index contributed by atoms with van der Waals surface area (Å²) in [7, 11) is 0. The number of carboxylic acids is 2. The number of rotatable bonds is 16. The lowest BCUT2D eigenvalue weighted by Gasteiger charge is -2.27. The molecule has 0 aromatic heterocycles. The van der Waals surface area contributed by atoms with Gasteiger partial charge in [0.1, 0.15) is 12.6 Å². The Morgan fingerprint density at radius 1 is 0.741 bits per heavy atom. The molecule has 2 aromatic carbocycles. The van der Waals surface area contributed by atoms with Crippen LogP contribution in [0.5, 0.6) is 0 Å². The molecule has 0 radical (unpaired) electrons. The summed E-state index contributed by atoms with van der Waals surface area (Å²) in [6.45, 7) is 10.1. The van der Waals surface area contributed by atoms with Gasteiger partial charge in [0.05, 0.1) is 0 Å². The van der Waals surface area contributed by atoms with Crippen molar-refractivity contribution in [1.82, 2.24) is 25.8 Å². The zero-order chi connectivity index (χ0) is 39.7. The van der Waals surface area contributed by atoms with E-state index in [-0.39, 0.29) is 11.8 Å². The normalized spacial score (nSPS) is 14.4. The van der Waals surface area contributed by atoms with Crippen LogP contribution in [0.1, 0.15) is 104 Å². The largest absolute Gasteiger partial charge is 0.480 e. The van der Waals surface area contributed by atoms with Crippen molar-refractivity contribution < 1.29 is 39.0 Å². The van der Waals surface area contributed by atoms with E-state index in [2.05, 4.69) is 16.0 Å². The first-order valence-electron chi connectivity index (χ1n) is 18.9. The molecule has 1 atom stereocenters. The van der Waals surface area contributed by atoms with Gasteiger partial charge in [0.15, 0.2) is 0 Å². The summed E-state index contributed by atoms with van der Waals surface area (Å²) >= 11 is 0. The van der Waals surface area contributed by atoms with Crippen LogP contribution < -0.4 is 16.0 Å². The van der Waals surface area contributed by atoms with Gasteiger partial charge in [0, 0.05) is 63.2 Å². The Morgan fingerprint density at radius 3 is 1.70 bits per heavy atom. The molecule has 294 valence electrons. The number of nitrogens with zero attached hydrogens (tertiary/aromatic N) is 2. The average molecular weight is 748 g/mol. The van der Waals surface area contributed by atoms with Gasteiger partial charge >= 0.3 is 11.9 Å². The molecule has 0 aliphatic carbocycles. The number of hydrogen-bond donors (Lipinski definition) is 5. The second-order valence-corrected chi connectivity index (χ2v) is 12.7.